The third-order valence-electron chi connectivity index (χ3n) is 5.67. The summed E-state index contributed by atoms with van der Waals surface area (Å²) in [4.78, 5) is 27.8. The molecule has 162 valence electrons. The van der Waals surface area contributed by atoms with Gasteiger partial charge in [0.15, 0.2) is 11.5 Å². The second-order valence-corrected chi connectivity index (χ2v) is 7.60. The van der Waals surface area contributed by atoms with Gasteiger partial charge in [-0.1, -0.05) is 18.2 Å². The first-order valence-electron chi connectivity index (χ1n) is 10.3. The molecule has 0 radical (unpaired) electrons. The van der Waals surface area contributed by atoms with Crippen LogP contribution in [0, 0.1) is 0 Å². The van der Waals surface area contributed by atoms with Crippen molar-refractivity contribution in [3.63, 3.8) is 0 Å². The number of methoxy groups -OCH3 is 2. The van der Waals surface area contributed by atoms with Crippen molar-refractivity contribution in [2.75, 3.05) is 27.3 Å². The molecule has 1 fully saturated rings. The van der Waals surface area contributed by atoms with Gasteiger partial charge in [0.05, 0.1) is 19.9 Å². The molecule has 0 spiro atoms. The predicted octanol–water partition coefficient (Wildman–Crippen LogP) is 2.61. The number of carbonyl (C=O) groups is 1. The van der Waals surface area contributed by atoms with Gasteiger partial charge < -0.3 is 14.4 Å². The van der Waals surface area contributed by atoms with E-state index in [1.807, 2.05) is 35.2 Å². The van der Waals surface area contributed by atoms with Gasteiger partial charge in [-0.2, -0.15) is 5.10 Å². The number of rotatable bonds is 5. The zero-order valence-corrected chi connectivity index (χ0v) is 17.9. The molecule has 1 unspecified atom stereocenters. The van der Waals surface area contributed by atoms with Gasteiger partial charge in [0.25, 0.3) is 5.91 Å². The van der Waals surface area contributed by atoms with Crippen molar-refractivity contribution in [3.8, 4) is 17.2 Å². The lowest BCUT2D eigenvalue weighted by Gasteiger charge is -2.32. The van der Waals surface area contributed by atoms with Crippen molar-refractivity contribution in [2.24, 2.45) is 7.05 Å². The topological polar surface area (TPSA) is 78.6 Å². The second-order valence-electron chi connectivity index (χ2n) is 7.60. The highest BCUT2D eigenvalue weighted by Gasteiger charge is 2.30. The number of hydrogen-bond acceptors (Lipinski definition) is 5. The molecule has 3 aromatic rings. The first-order valence-corrected chi connectivity index (χ1v) is 10.3. The normalized spacial score (nSPS) is 16.2. The monoisotopic (exact) mass is 422 g/mol. The van der Waals surface area contributed by atoms with Crippen molar-refractivity contribution in [1.82, 2.24) is 19.2 Å². The molecule has 1 saturated heterocycles. The van der Waals surface area contributed by atoms with Gasteiger partial charge in [-0.15, -0.1) is 0 Å². The lowest BCUT2D eigenvalue weighted by Crippen LogP contribution is -2.40. The zero-order valence-electron chi connectivity index (χ0n) is 17.9. The summed E-state index contributed by atoms with van der Waals surface area (Å²) in [6, 6.07) is 14.7. The summed E-state index contributed by atoms with van der Waals surface area (Å²) >= 11 is 0. The molecular weight excluding hydrogens is 396 g/mol. The number of para-hydroxylation sites is 1. The fraction of sp³-hybridized carbons (Fsp3) is 0.348. The summed E-state index contributed by atoms with van der Waals surface area (Å²) in [6.07, 6.45) is 1.70. The lowest BCUT2D eigenvalue weighted by atomic mass is 9.96. The summed E-state index contributed by atoms with van der Waals surface area (Å²) in [5, 5.41) is 4.52. The van der Waals surface area contributed by atoms with Crippen LogP contribution in [0.15, 0.2) is 53.3 Å². The Hall–Kier alpha value is -3.55. The minimum atomic E-state index is -0.190. The van der Waals surface area contributed by atoms with Crippen LogP contribution in [0.2, 0.25) is 0 Å². The van der Waals surface area contributed by atoms with Crippen LogP contribution >= 0.6 is 0 Å². The summed E-state index contributed by atoms with van der Waals surface area (Å²) < 4.78 is 13.6. The Bertz CT molecular complexity index is 1140. The number of carbonyl (C=O) groups excluding carboxylic acids is 1. The summed E-state index contributed by atoms with van der Waals surface area (Å²) in [6.45, 7) is 1.16. The maximum absolute atomic E-state index is 13.2. The first kappa shape index (κ1) is 20.7. The fourth-order valence-electron chi connectivity index (χ4n) is 4.09. The molecule has 1 aliphatic rings. The van der Waals surface area contributed by atoms with Crippen LogP contribution in [0.1, 0.15) is 34.9 Å². The van der Waals surface area contributed by atoms with Crippen molar-refractivity contribution in [2.45, 2.75) is 18.8 Å². The van der Waals surface area contributed by atoms with Gasteiger partial charge in [-0.25, -0.2) is 14.0 Å². The standard InChI is InChI=1S/C23H26N4O4/c1-25-23(29)27(18-9-5-4-6-10-18)21(24-25)17-8-7-13-26(15-17)22(28)16-11-12-19(30-2)20(14-16)31-3/h4-6,9-12,14,17H,7-8,13,15H2,1-3H3. The maximum atomic E-state index is 13.2. The van der Waals surface area contributed by atoms with Crippen molar-refractivity contribution in [1.29, 1.82) is 0 Å². The molecule has 0 N–H and O–H groups in total. The molecule has 1 atom stereocenters. The van der Waals surface area contributed by atoms with E-state index in [1.165, 1.54) is 4.68 Å². The highest BCUT2D eigenvalue weighted by Crippen LogP contribution is 2.30. The third kappa shape index (κ3) is 3.93. The second kappa shape index (κ2) is 8.67. The van der Waals surface area contributed by atoms with Gasteiger partial charge in [0, 0.05) is 31.6 Å². The molecule has 8 nitrogen and oxygen atoms in total. The van der Waals surface area contributed by atoms with E-state index in [0.29, 0.717) is 36.0 Å². The first-order chi connectivity index (χ1) is 15.0. The Balaban J connectivity index is 1.62. The quantitative estimate of drug-likeness (QED) is 0.632. The number of ether oxygens (including phenoxy) is 2. The largest absolute Gasteiger partial charge is 0.493 e. The molecule has 31 heavy (non-hydrogen) atoms. The molecule has 0 aliphatic carbocycles. The Morgan fingerprint density at radius 2 is 1.81 bits per heavy atom. The minimum Gasteiger partial charge on any atom is -0.493 e. The fourth-order valence-corrected chi connectivity index (χ4v) is 4.09. The Kier molecular flexibility index (Phi) is 5.79. The number of aryl methyl sites for hydroxylation is 1. The average molecular weight is 422 g/mol. The SMILES string of the molecule is COc1ccc(C(=O)N2CCCC(c3nn(C)c(=O)n3-c3ccccc3)C2)cc1OC. The van der Waals surface area contributed by atoms with E-state index in [0.717, 1.165) is 18.5 Å². The van der Waals surface area contributed by atoms with E-state index in [9.17, 15) is 9.59 Å². The summed E-state index contributed by atoms with van der Waals surface area (Å²) in [5.74, 6) is 1.67. The highest BCUT2D eigenvalue weighted by atomic mass is 16.5. The maximum Gasteiger partial charge on any atom is 0.350 e. The smallest absolute Gasteiger partial charge is 0.350 e. The molecular formula is C23H26N4O4. The average Bonchev–Trinajstić information content (AvgIpc) is 3.13. The van der Waals surface area contributed by atoms with Crippen LogP contribution in [0.25, 0.3) is 5.69 Å². The van der Waals surface area contributed by atoms with Gasteiger partial charge in [-0.3, -0.25) is 4.79 Å². The van der Waals surface area contributed by atoms with Crippen LogP contribution < -0.4 is 15.2 Å². The van der Waals surface area contributed by atoms with Crippen molar-refractivity contribution < 1.29 is 14.3 Å². The minimum absolute atomic E-state index is 0.0352. The van der Waals surface area contributed by atoms with E-state index in [1.54, 1.807) is 44.0 Å². The van der Waals surface area contributed by atoms with E-state index < -0.39 is 0 Å². The molecule has 8 heteroatoms. The number of nitrogens with zero attached hydrogens (tertiary/aromatic N) is 4. The van der Waals surface area contributed by atoms with Crippen LogP contribution in [0.3, 0.4) is 0 Å². The number of hydrogen-bond donors (Lipinski definition) is 0. The molecule has 0 bridgehead atoms. The van der Waals surface area contributed by atoms with Crippen molar-refractivity contribution in [3.05, 3.63) is 70.4 Å². The summed E-state index contributed by atoms with van der Waals surface area (Å²) in [5.41, 5.74) is 1.13. The van der Waals surface area contributed by atoms with Crippen LogP contribution in [0.4, 0.5) is 0 Å². The highest BCUT2D eigenvalue weighted by molar-refractivity contribution is 5.95. The number of piperidine rings is 1. The summed E-state index contributed by atoms with van der Waals surface area (Å²) in [7, 11) is 4.77. The number of aromatic nitrogens is 3. The van der Waals surface area contributed by atoms with E-state index in [2.05, 4.69) is 5.10 Å². The van der Waals surface area contributed by atoms with Crippen LogP contribution in [-0.4, -0.2) is 52.5 Å². The predicted molar refractivity (Wildman–Crippen MR) is 116 cm³/mol. The lowest BCUT2D eigenvalue weighted by molar-refractivity contribution is 0.0703. The van der Waals surface area contributed by atoms with Gasteiger partial charge in [0.1, 0.15) is 5.82 Å². The van der Waals surface area contributed by atoms with Gasteiger partial charge >= 0.3 is 5.69 Å². The number of benzene rings is 2. The Labute approximate surface area is 180 Å². The number of amides is 1. The van der Waals surface area contributed by atoms with Gasteiger partial charge in [-0.05, 0) is 43.2 Å². The number of likely N-dealkylation sites (tertiary alicyclic amines) is 1. The van der Waals surface area contributed by atoms with E-state index in [4.69, 9.17) is 9.47 Å². The Morgan fingerprint density at radius 3 is 2.52 bits per heavy atom. The van der Waals surface area contributed by atoms with Gasteiger partial charge in [0.2, 0.25) is 0 Å². The molecule has 2 aromatic carbocycles. The molecule has 1 amide bonds. The van der Waals surface area contributed by atoms with E-state index >= 15 is 0 Å². The zero-order chi connectivity index (χ0) is 22.0. The van der Waals surface area contributed by atoms with Crippen molar-refractivity contribution >= 4 is 5.91 Å². The molecule has 1 aliphatic heterocycles. The molecule has 4 rings (SSSR count). The third-order valence-corrected chi connectivity index (χ3v) is 5.67. The Morgan fingerprint density at radius 1 is 1.06 bits per heavy atom. The molecule has 1 aromatic heterocycles. The molecule has 0 saturated carbocycles. The van der Waals surface area contributed by atoms with Crippen LogP contribution in [0.5, 0.6) is 11.5 Å². The van der Waals surface area contributed by atoms with Crippen LogP contribution in [-0.2, 0) is 7.05 Å². The van der Waals surface area contributed by atoms with E-state index in [-0.39, 0.29) is 17.5 Å². The molecule has 2 heterocycles.